The summed E-state index contributed by atoms with van der Waals surface area (Å²) in [4.78, 5) is 33.4. The van der Waals surface area contributed by atoms with E-state index >= 15 is 0 Å². The van der Waals surface area contributed by atoms with E-state index in [-0.39, 0.29) is 11.3 Å². The molecule has 170 valence electrons. The van der Waals surface area contributed by atoms with Crippen molar-refractivity contribution in [2.75, 3.05) is 31.1 Å². The zero-order chi connectivity index (χ0) is 23.0. The van der Waals surface area contributed by atoms with Gasteiger partial charge in [0.1, 0.15) is 17.5 Å². The molecule has 8 nitrogen and oxygen atoms in total. The van der Waals surface area contributed by atoms with Crippen LogP contribution in [0.5, 0.6) is 0 Å². The first kappa shape index (κ1) is 22.9. The molecule has 3 heterocycles. The molecule has 0 spiro atoms. The number of nitrogens with zero attached hydrogens (tertiary/aromatic N) is 4. The lowest BCUT2D eigenvalue weighted by atomic mass is 9.71. The van der Waals surface area contributed by atoms with Crippen molar-refractivity contribution < 1.29 is 14.7 Å². The number of imidazole rings is 1. The first-order valence-corrected chi connectivity index (χ1v) is 10.9. The molecule has 0 bridgehead atoms. The predicted octanol–water partition coefficient (Wildman–Crippen LogP) is 3.39. The Balaban J connectivity index is 1.74. The van der Waals surface area contributed by atoms with Gasteiger partial charge in [0.2, 0.25) is 5.91 Å². The Bertz CT molecular complexity index is 952. The average molecular weight is 430 g/mol. The molecule has 2 aromatic rings. The highest BCUT2D eigenvalue weighted by atomic mass is 16.4. The van der Waals surface area contributed by atoms with Crippen LogP contribution in [-0.2, 0) is 4.79 Å². The number of aryl methyl sites for hydroxylation is 1. The number of piperazine rings is 1. The Morgan fingerprint density at radius 2 is 1.77 bits per heavy atom. The van der Waals surface area contributed by atoms with Crippen molar-refractivity contribution in [3.63, 3.8) is 0 Å². The van der Waals surface area contributed by atoms with Gasteiger partial charge in [0.25, 0.3) is 0 Å². The lowest BCUT2D eigenvalue weighted by molar-refractivity contribution is -0.137. The molecule has 1 aliphatic heterocycles. The number of nitrogens with one attached hydrogen (secondary N) is 1. The minimum absolute atomic E-state index is 0.0253. The average Bonchev–Trinajstić information content (AvgIpc) is 3.03. The van der Waals surface area contributed by atoms with Gasteiger partial charge in [0, 0.05) is 32.4 Å². The van der Waals surface area contributed by atoms with Crippen molar-refractivity contribution in [3.05, 3.63) is 30.1 Å². The molecule has 0 radical (unpaired) electrons. The molecule has 2 amide bonds. The summed E-state index contributed by atoms with van der Waals surface area (Å²) in [7, 11) is 0. The standard InChI is InChI=1S/C23H35N5O3/c1-16-14-28-17(24-16)8-7-9-18(28)26-10-12-27(13-11-26)20(29)19(25-21(30)31)23(5,6)15-22(2,3)4/h7-9,14,19,25H,10-13,15H2,1-6H3,(H,30,31)/t19-/m0/s1. The quantitative estimate of drug-likeness (QED) is 0.760. The van der Waals surface area contributed by atoms with Gasteiger partial charge in [-0.05, 0) is 36.3 Å². The van der Waals surface area contributed by atoms with E-state index in [9.17, 15) is 14.7 Å². The Labute approximate surface area is 184 Å². The first-order chi connectivity index (χ1) is 14.4. The molecule has 0 saturated carbocycles. The summed E-state index contributed by atoms with van der Waals surface area (Å²) in [5.41, 5.74) is 1.33. The number of pyridine rings is 1. The molecular formula is C23H35N5O3. The maximum Gasteiger partial charge on any atom is 0.405 e. The number of aromatic nitrogens is 2. The van der Waals surface area contributed by atoms with Crippen LogP contribution < -0.4 is 10.2 Å². The van der Waals surface area contributed by atoms with Crippen molar-refractivity contribution in [2.45, 2.75) is 54.0 Å². The van der Waals surface area contributed by atoms with Gasteiger partial charge in [0.05, 0.1) is 5.69 Å². The summed E-state index contributed by atoms with van der Waals surface area (Å²) in [6.07, 6.45) is 1.57. The van der Waals surface area contributed by atoms with Crippen LogP contribution in [0.15, 0.2) is 24.4 Å². The van der Waals surface area contributed by atoms with Crippen molar-refractivity contribution in [1.29, 1.82) is 0 Å². The summed E-state index contributed by atoms with van der Waals surface area (Å²) in [5, 5.41) is 11.9. The molecular weight excluding hydrogens is 394 g/mol. The lowest BCUT2D eigenvalue weighted by Crippen LogP contribution is -2.59. The van der Waals surface area contributed by atoms with Crippen LogP contribution in [0, 0.1) is 17.8 Å². The molecule has 0 aliphatic carbocycles. The van der Waals surface area contributed by atoms with E-state index in [0.717, 1.165) is 23.6 Å². The SMILES string of the molecule is Cc1cn2c(N3CCN(C(=O)[C@H](NC(=O)O)C(C)(C)CC(C)(C)C)CC3)cccc2n1. The second-order valence-corrected chi connectivity index (χ2v) is 10.4. The van der Waals surface area contributed by atoms with Crippen molar-refractivity contribution in [2.24, 2.45) is 10.8 Å². The third-order valence-electron chi connectivity index (χ3n) is 5.79. The van der Waals surface area contributed by atoms with E-state index in [1.807, 2.05) is 39.1 Å². The maximum absolute atomic E-state index is 13.4. The van der Waals surface area contributed by atoms with Gasteiger partial charge >= 0.3 is 6.09 Å². The van der Waals surface area contributed by atoms with Crippen molar-refractivity contribution >= 4 is 23.5 Å². The third-order valence-corrected chi connectivity index (χ3v) is 5.79. The van der Waals surface area contributed by atoms with E-state index in [1.165, 1.54) is 0 Å². The molecule has 2 N–H and O–H groups in total. The summed E-state index contributed by atoms with van der Waals surface area (Å²) >= 11 is 0. The maximum atomic E-state index is 13.4. The number of hydrogen-bond acceptors (Lipinski definition) is 4. The van der Waals surface area contributed by atoms with Gasteiger partial charge in [-0.25, -0.2) is 9.78 Å². The molecule has 1 atom stereocenters. The van der Waals surface area contributed by atoms with Crippen molar-refractivity contribution in [3.8, 4) is 0 Å². The van der Waals surface area contributed by atoms with Gasteiger partial charge in [-0.15, -0.1) is 0 Å². The summed E-state index contributed by atoms with van der Waals surface area (Å²) in [6.45, 7) is 14.7. The van der Waals surface area contributed by atoms with Crippen LogP contribution >= 0.6 is 0 Å². The van der Waals surface area contributed by atoms with Gasteiger partial charge in [-0.1, -0.05) is 40.7 Å². The Morgan fingerprint density at radius 3 is 2.35 bits per heavy atom. The zero-order valence-electron chi connectivity index (χ0n) is 19.5. The minimum atomic E-state index is -1.17. The number of fused-ring (bicyclic) bond motifs is 1. The summed E-state index contributed by atoms with van der Waals surface area (Å²) < 4.78 is 2.08. The normalized spacial score (nSPS) is 16.5. The van der Waals surface area contributed by atoms with Gasteiger partial charge in [0.15, 0.2) is 0 Å². The fourth-order valence-electron chi connectivity index (χ4n) is 4.90. The zero-order valence-corrected chi connectivity index (χ0v) is 19.5. The number of carbonyl (C=O) groups excluding carboxylic acids is 1. The van der Waals surface area contributed by atoms with Gasteiger partial charge in [-0.2, -0.15) is 0 Å². The molecule has 1 aliphatic rings. The molecule has 3 rings (SSSR count). The molecule has 1 saturated heterocycles. The fourth-order valence-corrected chi connectivity index (χ4v) is 4.90. The van der Waals surface area contributed by atoms with Gasteiger partial charge < -0.3 is 20.2 Å². The minimum Gasteiger partial charge on any atom is -0.465 e. The molecule has 1 fully saturated rings. The van der Waals surface area contributed by atoms with Crippen molar-refractivity contribution in [1.82, 2.24) is 19.6 Å². The van der Waals surface area contributed by atoms with E-state index < -0.39 is 17.6 Å². The number of hydrogen-bond donors (Lipinski definition) is 2. The topological polar surface area (TPSA) is 90.2 Å². The third kappa shape index (κ3) is 5.29. The monoisotopic (exact) mass is 429 g/mol. The predicted molar refractivity (Wildman–Crippen MR) is 122 cm³/mol. The van der Waals surface area contributed by atoms with Crippen LogP contribution in [0.2, 0.25) is 0 Å². The van der Waals surface area contributed by atoms with Crippen LogP contribution in [0.3, 0.4) is 0 Å². The molecule has 2 aromatic heterocycles. The molecule has 0 unspecified atom stereocenters. The van der Waals surface area contributed by atoms with Crippen LogP contribution in [0.25, 0.3) is 5.65 Å². The smallest absolute Gasteiger partial charge is 0.405 e. The number of carbonyl (C=O) groups is 2. The largest absolute Gasteiger partial charge is 0.465 e. The van der Waals surface area contributed by atoms with E-state index in [2.05, 4.69) is 46.4 Å². The number of carboxylic acid groups (broad SMARTS) is 1. The number of anilines is 1. The van der Waals surface area contributed by atoms with E-state index in [1.54, 1.807) is 4.90 Å². The number of rotatable bonds is 5. The fraction of sp³-hybridized carbons (Fsp3) is 0.609. The Morgan fingerprint density at radius 1 is 1.13 bits per heavy atom. The summed E-state index contributed by atoms with van der Waals surface area (Å²) in [6, 6.07) is 5.26. The van der Waals surface area contributed by atoms with Crippen LogP contribution in [0.4, 0.5) is 10.6 Å². The Hall–Kier alpha value is -2.77. The Kier molecular flexibility index (Phi) is 6.21. The summed E-state index contributed by atoms with van der Waals surface area (Å²) in [5.74, 6) is 0.909. The highest BCUT2D eigenvalue weighted by Gasteiger charge is 2.41. The number of amides is 2. The molecule has 31 heavy (non-hydrogen) atoms. The van der Waals surface area contributed by atoms with Crippen LogP contribution in [-0.4, -0.2) is 63.6 Å². The lowest BCUT2D eigenvalue weighted by Gasteiger charge is -2.42. The highest BCUT2D eigenvalue weighted by Crippen LogP contribution is 2.36. The highest BCUT2D eigenvalue weighted by molar-refractivity contribution is 5.86. The second-order valence-electron chi connectivity index (χ2n) is 10.4. The van der Waals surface area contributed by atoms with Gasteiger partial charge in [-0.3, -0.25) is 9.20 Å². The van der Waals surface area contributed by atoms with E-state index in [4.69, 9.17) is 0 Å². The molecule has 8 heteroatoms. The first-order valence-electron chi connectivity index (χ1n) is 10.9. The van der Waals surface area contributed by atoms with Crippen LogP contribution in [0.1, 0.15) is 46.7 Å². The van der Waals surface area contributed by atoms with E-state index in [0.29, 0.717) is 26.2 Å². The second kappa shape index (κ2) is 8.40. The molecule has 0 aromatic carbocycles.